The Hall–Kier alpha value is -2.29. The fourth-order valence-electron chi connectivity index (χ4n) is 2.46. The van der Waals surface area contributed by atoms with Gasteiger partial charge in [0.05, 0.1) is 10.7 Å². The van der Waals surface area contributed by atoms with Crippen LogP contribution in [0.5, 0.6) is 0 Å². The van der Waals surface area contributed by atoms with Gasteiger partial charge in [-0.3, -0.25) is 9.59 Å². The molecule has 0 aliphatic rings. The van der Waals surface area contributed by atoms with Crippen LogP contribution < -0.4 is 10.9 Å². The molecule has 0 unspecified atom stereocenters. The van der Waals surface area contributed by atoms with Crippen LogP contribution in [-0.4, -0.2) is 10.9 Å². The minimum Gasteiger partial charge on any atom is -0.325 e. The van der Waals surface area contributed by atoms with Crippen molar-refractivity contribution in [1.82, 2.24) is 4.98 Å². The Bertz CT molecular complexity index is 898. The van der Waals surface area contributed by atoms with Crippen LogP contribution >= 0.6 is 23.2 Å². The van der Waals surface area contributed by atoms with E-state index < -0.39 is 5.56 Å². The zero-order valence-corrected chi connectivity index (χ0v) is 14.7. The van der Waals surface area contributed by atoms with Crippen molar-refractivity contribution in [3.8, 4) is 6.07 Å². The van der Waals surface area contributed by atoms with E-state index in [9.17, 15) is 9.59 Å². The number of nitrogens with one attached hydrogen (secondary N) is 2. The monoisotopic (exact) mass is 363 g/mol. The normalized spacial score (nSPS) is 10.3. The topological polar surface area (TPSA) is 85.8 Å². The van der Waals surface area contributed by atoms with E-state index in [0.717, 1.165) is 5.56 Å². The SMILES string of the molecule is Cc1[nH]c(=O)c(C#N)c(C)c1CCC(=O)Nc1ccc(Cl)cc1Cl. The zero-order chi connectivity index (χ0) is 17.9. The quantitative estimate of drug-likeness (QED) is 0.867. The summed E-state index contributed by atoms with van der Waals surface area (Å²) in [6.45, 7) is 3.46. The molecule has 0 fully saturated rings. The second kappa shape index (κ2) is 7.52. The maximum atomic E-state index is 12.1. The number of nitrogens with zero attached hydrogens (tertiary/aromatic N) is 1. The largest absolute Gasteiger partial charge is 0.325 e. The first-order valence-electron chi connectivity index (χ1n) is 7.20. The van der Waals surface area contributed by atoms with Gasteiger partial charge in [-0.1, -0.05) is 23.2 Å². The van der Waals surface area contributed by atoms with Crippen LogP contribution in [0, 0.1) is 25.2 Å². The molecule has 2 rings (SSSR count). The number of aryl methyl sites for hydroxylation is 1. The average Bonchev–Trinajstić information content (AvgIpc) is 2.50. The molecule has 7 heteroatoms. The predicted octanol–water partition coefficient (Wildman–Crippen LogP) is 3.74. The number of H-pyrrole nitrogens is 1. The van der Waals surface area contributed by atoms with Crippen molar-refractivity contribution in [2.45, 2.75) is 26.7 Å². The van der Waals surface area contributed by atoms with Crippen LogP contribution in [0.4, 0.5) is 5.69 Å². The number of benzene rings is 1. The zero-order valence-electron chi connectivity index (χ0n) is 13.2. The van der Waals surface area contributed by atoms with Crippen molar-refractivity contribution in [2.24, 2.45) is 0 Å². The van der Waals surface area contributed by atoms with Crippen molar-refractivity contribution >= 4 is 34.8 Å². The van der Waals surface area contributed by atoms with Gasteiger partial charge in [0.25, 0.3) is 5.56 Å². The summed E-state index contributed by atoms with van der Waals surface area (Å²) < 4.78 is 0. The van der Waals surface area contributed by atoms with Gasteiger partial charge in [0.2, 0.25) is 5.91 Å². The molecular formula is C17H15Cl2N3O2. The summed E-state index contributed by atoms with van der Waals surface area (Å²) >= 11 is 11.8. The smallest absolute Gasteiger partial charge is 0.266 e. The molecule has 5 nitrogen and oxygen atoms in total. The Morgan fingerprint density at radius 3 is 2.67 bits per heavy atom. The number of nitriles is 1. The molecule has 0 saturated heterocycles. The van der Waals surface area contributed by atoms with E-state index in [4.69, 9.17) is 28.5 Å². The minimum atomic E-state index is -0.409. The number of carbonyl (C=O) groups excluding carboxylic acids is 1. The molecule has 124 valence electrons. The third-order valence-corrected chi connectivity index (χ3v) is 4.28. The molecule has 0 saturated carbocycles. The van der Waals surface area contributed by atoms with Crippen molar-refractivity contribution in [2.75, 3.05) is 5.32 Å². The number of halogens is 2. The number of carbonyl (C=O) groups is 1. The Morgan fingerprint density at radius 2 is 2.04 bits per heavy atom. The predicted molar refractivity (Wildman–Crippen MR) is 94.7 cm³/mol. The molecule has 0 bridgehead atoms. The van der Waals surface area contributed by atoms with E-state index in [-0.39, 0.29) is 17.9 Å². The lowest BCUT2D eigenvalue weighted by atomic mass is 9.99. The van der Waals surface area contributed by atoms with Gasteiger partial charge in [-0.25, -0.2) is 0 Å². The summed E-state index contributed by atoms with van der Waals surface area (Å²) in [7, 11) is 0. The minimum absolute atomic E-state index is 0.0803. The van der Waals surface area contributed by atoms with E-state index in [1.54, 1.807) is 32.0 Å². The van der Waals surface area contributed by atoms with Crippen molar-refractivity contribution < 1.29 is 4.79 Å². The van der Waals surface area contributed by atoms with Gasteiger partial charge in [-0.05, 0) is 49.6 Å². The van der Waals surface area contributed by atoms with Gasteiger partial charge >= 0.3 is 0 Å². The van der Waals surface area contributed by atoms with E-state index in [1.807, 2.05) is 6.07 Å². The molecule has 1 aromatic heterocycles. The molecule has 0 aliphatic carbocycles. The first-order chi connectivity index (χ1) is 11.3. The van der Waals surface area contributed by atoms with E-state index >= 15 is 0 Å². The average molecular weight is 364 g/mol. The molecule has 2 aromatic rings. The molecule has 1 aromatic carbocycles. The lowest BCUT2D eigenvalue weighted by Crippen LogP contribution is -2.18. The number of amides is 1. The van der Waals surface area contributed by atoms with E-state index in [2.05, 4.69) is 10.3 Å². The molecule has 2 N–H and O–H groups in total. The lowest BCUT2D eigenvalue weighted by molar-refractivity contribution is -0.116. The van der Waals surface area contributed by atoms with Gasteiger partial charge < -0.3 is 10.3 Å². The number of hydrogen-bond acceptors (Lipinski definition) is 3. The number of aromatic amines is 1. The highest BCUT2D eigenvalue weighted by Gasteiger charge is 2.14. The van der Waals surface area contributed by atoms with Crippen LogP contribution in [0.1, 0.15) is 28.8 Å². The summed E-state index contributed by atoms with van der Waals surface area (Å²) in [5, 5.41) is 12.6. The lowest BCUT2D eigenvalue weighted by Gasteiger charge is -2.11. The van der Waals surface area contributed by atoms with Gasteiger partial charge in [-0.15, -0.1) is 0 Å². The van der Waals surface area contributed by atoms with E-state index in [1.165, 1.54) is 0 Å². The Morgan fingerprint density at radius 1 is 1.33 bits per heavy atom. The number of pyridine rings is 1. The molecule has 0 atom stereocenters. The van der Waals surface area contributed by atoms with Crippen LogP contribution in [0.3, 0.4) is 0 Å². The Labute approximate surface area is 149 Å². The second-order valence-corrected chi connectivity index (χ2v) is 6.19. The highest BCUT2D eigenvalue weighted by Crippen LogP contribution is 2.25. The van der Waals surface area contributed by atoms with Crippen molar-refractivity contribution in [1.29, 1.82) is 5.26 Å². The fourth-order valence-corrected chi connectivity index (χ4v) is 2.92. The first kappa shape index (κ1) is 18.1. The first-order valence-corrected chi connectivity index (χ1v) is 7.96. The Kier molecular flexibility index (Phi) is 5.66. The Balaban J connectivity index is 2.12. The fraction of sp³-hybridized carbons (Fsp3) is 0.235. The number of aromatic nitrogens is 1. The highest BCUT2D eigenvalue weighted by molar-refractivity contribution is 6.36. The van der Waals surface area contributed by atoms with Gasteiger partial charge in [0.1, 0.15) is 11.6 Å². The van der Waals surface area contributed by atoms with Crippen LogP contribution in [-0.2, 0) is 11.2 Å². The van der Waals surface area contributed by atoms with Crippen molar-refractivity contribution in [3.05, 3.63) is 61.0 Å². The van der Waals surface area contributed by atoms with Gasteiger partial charge in [0, 0.05) is 17.1 Å². The molecule has 0 spiro atoms. The molecule has 1 amide bonds. The third kappa shape index (κ3) is 3.97. The van der Waals surface area contributed by atoms with Crippen LogP contribution in [0.15, 0.2) is 23.0 Å². The summed E-state index contributed by atoms with van der Waals surface area (Å²) in [6, 6.07) is 6.72. The van der Waals surface area contributed by atoms with Crippen LogP contribution in [0.25, 0.3) is 0 Å². The molecule has 1 heterocycles. The van der Waals surface area contributed by atoms with Gasteiger partial charge in [0.15, 0.2) is 0 Å². The summed E-state index contributed by atoms with van der Waals surface area (Å²) in [6.07, 6.45) is 0.595. The highest BCUT2D eigenvalue weighted by atomic mass is 35.5. The second-order valence-electron chi connectivity index (χ2n) is 5.34. The maximum absolute atomic E-state index is 12.1. The summed E-state index contributed by atoms with van der Waals surface area (Å²) in [5.74, 6) is -0.220. The molecule has 0 aliphatic heterocycles. The summed E-state index contributed by atoms with van der Waals surface area (Å²) in [4.78, 5) is 26.5. The molecule has 24 heavy (non-hydrogen) atoms. The van der Waals surface area contributed by atoms with Crippen molar-refractivity contribution in [3.63, 3.8) is 0 Å². The van der Waals surface area contributed by atoms with Gasteiger partial charge in [-0.2, -0.15) is 5.26 Å². The maximum Gasteiger partial charge on any atom is 0.266 e. The third-order valence-electron chi connectivity index (χ3n) is 3.73. The molecule has 0 radical (unpaired) electrons. The number of hydrogen-bond donors (Lipinski definition) is 2. The van der Waals surface area contributed by atoms with E-state index in [0.29, 0.717) is 33.4 Å². The summed E-state index contributed by atoms with van der Waals surface area (Å²) in [5.41, 5.74) is 2.22. The number of rotatable bonds is 4. The standard InChI is InChI=1S/C17H15Cl2N3O2/c1-9-12(10(2)21-17(24)13(9)8-20)4-6-16(23)22-15-5-3-11(18)7-14(15)19/h3,5,7H,4,6H2,1-2H3,(H,21,24)(H,22,23). The van der Waals surface area contributed by atoms with Crippen LogP contribution in [0.2, 0.25) is 10.0 Å². The molecular weight excluding hydrogens is 349 g/mol. The number of anilines is 1.